The molecule has 1 aromatic rings. The summed E-state index contributed by atoms with van der Waals surface area (Å²) in [6.45, 7) is 6.27. The Morgan fingerprint density at radius 3 is 2.75 bits per heavy atom. The highest BCUT2D eigenvalue weighted by Crippen LogP contribution is 2.41. The monoisotopic (exact) mass is 323 g/mol. The molecule has 24 heavy (non-hydrogen) atoms. The third-order valence-corrected chi connectivity index (χ3v) is 7.30. The van der Waals surface area contributed by atoms with E-state index in [1.165, 1.54) is 75.7 Å². The van der Waals surface area contributed by atoms with Crippen molar-refractivity contribution in [3.8, 4) is 0 Å². The van der Waals surface area contributed by atoms with Gasteiger partial charge in [0.05, 0.1) is 0 Å². The van der Waals surface area contributed by atoms with E-state index < -0.39 is 0 Å². The van der Waals surface area contributed by atoms with Gasteiger partial charge in [0.1, 0.15) is 6.54 Å². The van der Waals surface area contributed by atoms with Crippen LogP contribution in [-0.4, -0.2) is 46.9 Å². The predicted octanol–water partition coefficient (Wildman–Crippen LogP) is 3.85. The molecule has 4 aliphatic rings. The molecule has 4 heterocycles. The second-order valence-corrected chi connectivity index (χ2v) is 8.74. The highest BCUT2D eigenvalue weighted by Gasteiger charge is 2.50. The van der Waals surface area contributed by atoms with Crippen molar-refractivity contribution in [2.45, 2.75) is 64.0 Å². The van der Waals surface area contributed by atoms with Gasteiger partial charge in [-0.1, -0.05) is 24.1 Å². The maximum atomic E-state index is 2.87. The van der Waals surface area contributed by atoms with Crippen LogP contribution in [0.1, 0.15) is 56.1 Å². The second kappa shape index (κ2) is 5.98. The molecule has 128 valence electrons. The quantitative estimate of drug-likeness (QED) is 0.712. The van der Waals surface area contributed by atoms with Gasteiger partial charge < -0.3 is 0 Å². The van der Waals surface area contributed by atoms with E-state index in [2.05, 4.69) is 40.7 Å². The van der Waals surface area contributed by atoms with Gasteiger partial charge in [-0.2, -0.15) is 0 Å². The smallest absolute Gasteiger partial charge is 0.183 e. The van der Waals surface area contributed by atoms with Crippen LogP contribution in [0.2, 0.25) is 0 Å². The molecule has 0 amide bonds. The zero-order valence-electron chi connectivity index (χ0n) is 15.1. The molecule has 0 N–H and O–H groups in total. The first-order chi connectivity index (χ1) is 11.8. The number of piperidine rings is 3. The van der Waals surface area contributed by atoms with Gasteiger partial charge in [-0.05, 0) is 51.3 Å². The molecule has 0 spiro atoms. The van der Waals surface area contributed by atoms with Crippen molar-refractivity contribution in [1.82, 2.24) is 4.90 Å². The molecular formula is C22H31N2+. The largest absolute Gasteiger partial charge is 0.299 e. The summed E-state index contributed by atoms with van der Waals surface area (Å²) in [7, 11) is 0. The standard InChI is InChI=1S/C22H31N2/c1-16-8-10-17(11-9-16)21-6-4-7-22-18-13-19(15-24(21)22)20-5-2-3-12-23(20)14-18/h8-11,18-20,22H,2-7,12-15H2,1H3/q+1/t18-,19-,20+,22-/m0/s1. The van der Waals surface area contributed by atoms with Crippen LogP contribution in [0.4, 0.5) is 0 Å². The number of rotatable bonds is 1. The molecule has 2 heteroatoms. The minimum absolute atomic E-state index is 0.814. The lowest BCUT2D eigenvalue weighted by Crippen LogP contribution is -2.61. The van der Waals surface area contributed by atoms with E-state index in [1.807, 2.05) is 0 Å². The Balaban J connectivity index is 1.52. The summed E-state index contributed by atoms with van der Waals surface area (Å²) >= 11 is 0. The summed E-state index contributed by atoms with van der Waals surface area (Å²) in [5, 5.41) is 0. The molecule has 0 aliphatic carbocycles. The van der Waals surface area contributed by atoms with E-state index in [0.29, 0.717) is 0 Å². The number of aryl methyl sites for hydroxylation is 1. The number of nitrogens with zero attached hydrogens (tertiary/aromatic N) is 2. The molecule has 0 saturated carbocycles. The zero-order valence-corrected chi connectivity index (χ0v) is 15.1. The molecule has 0 aromatic heterocycles. The molecule has 0 radical (unpaired) electrons. The van der Waals surface area contributed by atoms with E-state index in [4.69, 9.17) is 0 Å². The summed E-state index contributed by atoms with van der Waals surface area (Å²) in [5.41, 5.74) is 4.52. The predicted molar refractivity (Wildman–Crippen MR) is 98.9 cm³/mol. The average Bonchev–Trinajstić information content (AvgIpc) is 2.62. The third-order valence-electron chi connectivity index (χ3n) is 7.30. The van der Waals surface area contributed by atoms with E-state index in [9.17, 15) is 0 Å². The van der Waals surface area contributed by atoms with Crippen molar-refractivity contribution in [1.29, 1.82) is 0 Å². The normalized spacial score (nSPS) is 36.2. The fraction of sp³-hybridized carbons (Fsp3) is 0.682. The summed E-state index contributed by atoms with van der Waals surface area (Å²) < 4.78 is 2.87. The Kier molecular flexibility index (Phi) is 3.77. The summed E-state index contributed by atoms with van der Waals surface area (Å²) in [6, 6.07) is 11.0. The van der Waals surface area contributed by atoms with Crippen LogP contribution >= 0.6 is 0 Å². The molecule has 5 rings (SSSR count). The fourth-order valence-electron chi connectivity index (χ4n) is 6.20. The van der Waals surface area contributed by atoms with E-state index in [1.54, 1.807) is 5.71 Å². The first-order valence-corrected chi connectivity index (χ1v) is 10.2. The lowest BCUT2D eigenvalue weighted by molar-refractivity contribution is -0.603. The van der Waals surface area contributed by atoms with Gasteiger partial charge in [0.25, 0.3) is 0 Å². The van der Waals surface area contributed by atoms with Crippen LogP contribution in [0.3, 0.4) is 0 Å². The molecule has 1 aromatic carbocycles. The first kappa shape index (κ1) is 15.1. The van der Waals surface area contributed by atoms with Crippen LogP contribution in [-0.2, 0) is 0 Å². The molecule has 2 nitrogen and oxygen atoms in total. The van der Waals surface area contributed by atoms with Crippen molar-refractivity contribution < 1.29 is 4.58 Å². The Labute approximate surface area is 146 Å². The fourth-order valence-corrected chi connectivity index (χ4v) is 6.20. The van der Waals surface area contributed by atoms with Crippen LogP contribution < -0.4 is 0 Å². The van der Waals surface area contributed by atoms with Gasteiger partial charge in [0.2, 0.25) is 0 Å². The maximum absolute atomic E-state index is 2.87. The third kappa shape index (κ3) is 2.45. The van der Waals surface area contributed by atoms with Crippen molar-refractivity contribution in [2.24, 2.45) is 11.8 Å². The summed E-state index contributed by atoms with van der Waals surface area (Å²) in [4.78, 5) is 2.87. The zero-order chi connectivity index (χ0) is 16.1. The Morgan fingerprint density at radius 2 is 1.88 bits per heavy atom. The molecular weight excluding hydrogens is 292 g/mol. The topological polar surface area (TPSA) is 6.25 Å². The van der Waals surface area contributed by atoms with Gasteiger partial charge in [0, 0.05) is 42.8 Å². The van der Waals surface area contributed by atoms with Crippen molar-refractivity contribution in [2.75, 3.05) is 19.6 Å². The van der Waals surface area contributed by atoms with Gasteiger partial charge in [-0.15, -0.1) is 0 Å². The number of hydrogen-bond donors (Lipinski definition) is 0. The van der Waals surface area contributed by atoms with Gasteiger partial charge in [-0.25, -0.2) is 4.58 Å². The minimum Gasteiger partial charge on any atom is -0.299 e. The summed E-state index contributed by atoms with van der Waals surface area (Å²) in [6.07, 6.45) is 9.94. The van der Waals surface area contributed by atoms with Crippen molar-refractivity contribution >= 4 is 5.71 Å². The lowest BCUT2D eigenvalue weighted by atomic mass is 9.71. The highest BCUT2D eigenvalue weighted by molar-refractivity contribution is 5.97. The average molecular weight is 324 g/mol. The van der Waals surface area contributed by atoms with Gasteiger partial charge in [-0.3, -0.25) is 4.90 Å². The second-order valence-electron chi connectivity index (χ2n) is 8.74. The van der Waals surface area contributed by atoms with Gasteiger partial charge >= 0.3 is 0 Å². The molecule has 3 fully saturated rings. The molecule has 0 unspecified atom stereocenters. The van der Waals surface area contributed by atoms with Crippen LogP contribution in [0.5, 0.6) is 0 Å². The molecule has 4 aliphatic heterocycles. The van der Waals surface area contributed by atoms with Crippen LogP contribution in [0, 0.1) is 18.8 Å². The van der Waals surface area contributed by atoms with E-state index >= 15 is 0 Å². The van der Waals surface area contributed by atoms with Crippen LogP contribution in [0.25, 0.3) is 0 Å². The Hall–Kier alpha value is -1.15. The Bertz CT molecular complexity index is 644. The van der Waals surface area contributed by atoms with E-state index in [-0.39, 0.29) is 0 Å². The van der Waals surface area contributed by atoms with E-state index in [0.717, 1.165) is 23.9 Å². The van der Waals surface area contributed by atoms with Crippen molar-refractivity contribution in [3.63, 3.8) is 0 Å². The lowest BCUT2D eigenvalue weighted by Gasteiger charge is -2.51. The number of benzene rings is 1. The molecule has 3 saturated heterocycles. The SMILES string of the molecule is Cc1ccc(C2=[N+]3C[C@@H]4C[C@@H](CN5CCCC[C@H]45)[C@@H]3CCC2)cc1. The molecule has 4 atom stereocenters. The minimum atomic E-state index is 0.814. The first-order valence-electron chi connectivity index (χ1n) is 10.2. The number of fused-ring (bicyclic) bond motifs is 6. The number of hydrogen-bond acceptors (Lipinski definition) is 1. The molecule has 2 bridgehead atoms. The van der Waals surface area contributed by atoms with Crippen molar-refractivity contribution in [3.05, 3.63) is 35.4 Å². The van der Waals surface area contributed by atoms with Crippen LogP contribution in [0.15, 0.2) is 24.3 Å². The summed E-state index contributed by atoms with van der Waals surface area (Å²) in [5.74, 6) is 1.83. The maximum Gasteiger partial charge on any atom is 0.183 e. The Morgan fingerprint density at radius 1 is 1.00 bits per heavy atom. The van der Waals surface area contributed by atoms with Gasteiger partial charge in [0.15, 0.2) is 11.8 Å². The highest BCUT2D eigenvalue weighted by atomic mass is 15.2.